The summed E-state index contributed by atoms with van der Waals surface area (Å²) in [4.78, 5) is 27.7. The van der Waals surface area contributed by atoms with Gasteiger partial charge in [0.1, 0.15) is 5.69 Å². The lowest BCUT2D eigenvalue weighted by molar-refractivity contribution is 0.0512. The number of aromatic amines is 1. The Labute approximate surface area is 143 Å². The molecule has 1 N–H and O–H groups in total. The summed E-state index contributed by atoms with van der Waals surface area (Å²) in [6.07, 6.45) is 1.58. The van der Waals surface area contributed by atoms with Crippen LogP contribution < -0.4 is 0 Å². The minimum atomic E-state index is -0.523. The summed E-state index contributed by atoms with van der Waals surface area (Å²) in [5, 5.41) is 10.5. The van der Waals surface area contributed by atoms with Crippen LogP contribution in [-0.4, -0.2) is 49.7 Å². The number of aromatic nitrogens is 4. The van der Waals surface area contributed by atoms with E-state index in [1.807, 2.05) is 13.8 Å². The lowest BCUT2D eigenvalue weighted by atomic mass is 10.1. The minimum Gasteiger partial charge on any atom is -0.461 e. The van der Waals surface area contributed by atoms with Crippen molar-refractivity contribution >= 4 is 23.4 Å². The Morgan fingerprint density at radius 1 is 1.38 bits per heavy atom. The third-order valence-electron chi connectivity index (χ3n) is 4.12. The van der Waals surface area contributed by atoms with Crippen molar-refractivity contribution < 1.29 is 14.3 Å². The number of amides is 1. The molecule has 0 saturated carbocycles. The van der Waals surface area contributed by atoms with Crippen LogP contribution in [0.5, 0.6) is 0 Å². The predicted molar refractivity (Wildman–Crippen MR) is 86.9 cm³/mol. The number of carbonyl (C=O) groups excluding carboxylic acids is 2. The zero-order valence-electron chi connectivity index (χ0n) is 13.8. The zero-order valence-corrected chi connectivity index (χ0v) is 14.6. The predicted octanol–water partition coefficient (Wildman–Crippen LogP) is 2.03. The zero-order chi connectivity index (χ0) is 17.3. The third kappa shape index (κ3) is 2.79. The maximum Gasteiger partial charge on any atom is 0.360 e. The summed E-state index contributed by atoms with van der Waals surface area (Å²) in [6, 6.07) is -0.283. The summed E-state index contributed by atoms with van der Waals surface area (Å²) in [6.45, 7) is 6.34. The molecule has 0 bridgehead atoms. The van der Waals surface area contributed by atoms with E-state index >= 15 is 0 Å². The average Bonchev–Trinajstić information content (AvgIpc) is 3.26. The first kappa shape index (κ1) is 16.6. The van der Waals surface area contributed by atoms with Gasteiger partial charge in [-0.3, -0.25) is 4.79 Å². The molecular weight excluding hydrogens is 330 g/mol. The van der Waals surface area contributed by atoms with Crippen molar-refractivity contribution in [2.45, 2.75) is 39.7 Å². The molecule has 1 saturated heterocycles. The quantitative estimate of drug-likeness (QED) is 0.848. The molecule has 3 rings (SSSR count). The first-order chi connectivity index (χ1) is 11.5. The molecule has 3 heterocycles. The number of nitrogens with zero attached hydrogens (tertiary/aromatic N) is 4. The maximum absolute atomic E-state index is 13.0. The number of nitrogens with one attached hydrogen (secondary N) is 1. The molecular formula is C15H19N5O3S. The van der Waals surface area contributed by atoms with Crippen LogP contribution in [0.1, 0.15) is 62.9 Å². The van der Waals surface area contributed by atoms with E-state index in [0.717, 1.165) is 23.4 Å². The van der Waals surface area contributed by atoms with Crippen LogP contribution in [0.3, 0.4) is 0 Å². The Morgan fingerprint density at radius 3 is 2.83 bits per heavy atom. The van der Waals surface area contributed by atoms with E-state index in [0.29, 0.717) is 17.8 Å². The number of ether oxygens (including phenoxy) is 1. The summed E-state index contributed by atoms with van der Waals surface area (Å²) in [7, 11) is 0. The number of rotatable bonds is 4. The van der Waals surface area contributed by atoms with Crippen molar-refractivity contribution in [3.05, 3.63) is 27.5 Å². The standard InChI is InChI=1S/C15H19N5O3S/c1-4-23-15(22)13-12(16-19-17-13)10-6-5-7-20(10)14(21)11-8(2)18-24-9(11)3/h10H,4-7H2,1-3H3,(H,16,17,19). The van der Waals surface area contributed by atoms with Crippen molar-refractivity contribution in [1.82, 2.24) is 24.7 Å². The second kappa shape index (κ2) is 6.68. The van der Waals surface area contributed by atoms with Crippen molar-refractivity contribution in [1.29, 1.82) is 0 Å². The molecule has 2 aromatic rings. The lowest BCUT2D eigenvalue weighted by Crippen LogP contribution is -2.32. The highest BCUT2D eigenvalue weighted by Crippen LogP contribution is 2.34. The highest BCUT2D eigenvalue weighted by atomic mass is 32.1. The van der Waals surface area contributed by atoms with Crippen LogP contribution in [0.15, 0.2) is 0 Å². The minimum absolute atomic E-state index is 0.0703. The van der Waals surface area contributed by atoms with Crippen LogP contribution in [0.25, 0.3) is 0 Å². The van der Waals surface area contributed by atoms with Gasteiger partial charge in [-0.15, -0.1) is 5.10 Å². The molecule has 1 aliphatic rings. The number of H-pyrrole nitrogens is 1. The van der Waals surface area contributed by atoms with Gasteiger partial charge in [-0.05, 0) is 45.1 Å². The fourth-order valence-electron chi connectivity index (χ4n) is 3.05. The molecule has 24 heavy (non-hydrogen) atoms. The van der Waals surface area contributed by atoms with Crippen molar-refractivity contribution in [2.75, 3.05) is 13.2 Å². The fourth-order valence-corrected chi connectivity index (χ4v) is 3.74. The van der Waals surface area contributed by atoms with Crippen LogP contribution in [-0.2, 0) is 4.74 Å². The number of hydrogen-bond donors (Lipinski definition) is 1. The van der Waals surface area contributed by atoms with Gasteiger partial charge in [-0.25, -0.2) is 4.79 Å². The molecule has 1 atom stereocenters. The van der Waals surface area contributed by atoms with Crippen LogP contribution in [0.4, 0.5) is 0 Å². The Balaban J connectivity index is 1.91. The average molecular weight is 349 g/mol. The van der Waals surface area contributed by atoms with Crippen molar-refractivity contribution in [3.63, 3.8) is 0 Å². The number of esters is 1. The van der Waals surface area contributed by atoms with Gasteiger partial charge in [-0.1, -0.05) is 0 Å². The summed E-state index contributed by atoms with van der Waals surface area (Å²) in [5.41, 5.74) is 2.00. The smallest absolute Gasteiger partial charge is 0.360 e. The molecule has 2 aromatic heterocycles. The van der Waals surface area contributed by atoms with Gasteiger partial charge in [0.05, 0.1) is 23.9 Å². The van der Waals surface area contributed by atoms with Gasteiger partial charge in [-0.2, -0.15) is 14.7 Å². The summed E-state index contributed by atoms with van der Waals surface area (Å²) < 4.78 is 9.27. The van der Waals surface area contributed by atoms with E-state index in [-0.39, 0.29) is 24.2 Å². The van der Waals surface area contributed by atoms with E-state index in [2.05, 4.69) is 19.8 Å². The maximum atomic E-state index is 13.0. The molecule has 1 amide bonds. The first-order valence-electron chi connectivity index (χ1n) is 7.86. The largest absolute Gasteiger partial charge is 0.461 e. The highest BCUT2D eigenvalue weighted by molar-refractivity contribution is 7.06. The van der Waals surface area contributed by atoms with Gasteiger partial charge in [0.25, 0.3) is 5.91 Å². The van der Waals surface area contributed by atoms with Gasteiger partial charge in [0.15, 0.2) is 5.69 Å². The van der Waals surface area contributed by atoms with Crippen LogP contribution >= 0.6 is 11.5 Å². The molecule has 0 spiro atoms. The van der Waals surface area contributed by atoms with Crippen LogP contribution in [0.2, 0.25) is 0 Å². The summed E-state index contributed by atoms with van der Waals surface area (Å²) >= 11 is 1.33. The first-order valence-corrected chi connectivity index (χ1v) is 8.63. The Morgan fingerprint density at radius 2 is 2.17 bits per heavy atom. The molecule has 1 unspecified atom stereocenters. The van der Waals surface area contributed by atoms with Gasteiger partial charge in [0, 0.05) is 11.4 Å². The molecule has 0 aromatic carbocycles. The molecule has 1 fully saturated rings. The Kier molecular flexibility index (Phi) is 4.61. The summed E-state index contributed by atoms with van der Waals surface area (Å²) in [5.74, 6) is -0.593. The second-order valence-electron chi connectivity index (χ2n) is 5.63. The SMILES string of the molecule is CCOC(=O)c1n[nH]nc1C1CCCN1C(=O)c1c(C)nsc1C. The highest BCUT2D eigenvalue weighted by Gasteiger charge is 2.37. The number of likely N-dealkylation sites (tertiary alicyclic amines) is 1. The second-order valence-corrected chi connectivity index (χ2v) is 6.61. The van der Waals surface area contributed by atoms with Gasteiger partial charge < -0.3 is 9.64 Å². The van der Waals surface area contributed by atoms with Crippen LogP contribution in [0, 0.1) is 13.8 Å². The molecule has 128 valence electrons. The fraction of sp³-hybridized carbons (Fsp3) is 0.533. The lowest BCUT2D eigenvalue weighted by Gasteiger charge is -2.23. The van der Waals surface area contributed by atoms with Crippen molar-refractivity contribution in [2.24, 2.45) is 0 Å². The molecule has 8 nitrogen and oxygen atoms in total. The van der Waals surface area contributed by atoms with Gasteiger partial charge >= 0.3 is 5.97 Å². The molecule has 1 aliphatic heterocycles. The molecule has 0 aliphatic carbocycles. The molecule has 0 radical (unpaired) electrons. The van der Waals surface area contributed by atoms with E-state index in [1.54, 1.807) is 11.8 Å². The van der Waals surface area contributed by atoms with Gasteiger partial charge in [0.2, 0.25) is 0 Å². The molecule has 9 heteroatoms. The number of carbonyl (C=O) groups is 2. The number of hydrogen-bond acceptors (Lipinski definition) is 7. The Bertz CT molecular complexity index is 750. The number of aryl methyl sites for hydroxylation is 2. The van der Waals surface area contributed by atoms with E-state index in [9.17, 15) is 9.59 Å². The van der Waals surface area contributed by atoms with E-state index in [4.69, 9.17) is 4.74 Å². The normalized spacial score (nSPS) is 17.3. The van der Waals surface area contributed by atoms with Crippen molar-refractivity contribution in [3.8, 4) is 0 Å². The Hall–Kier alpha value is -2.29. The third-order valence-corrected chi connectivity index (χ3v) is 4.96. The van der Waals surface area contributed by atoms with E-state index < -0.39 is 5.97 Å². The monoisotopic (exact) mass is 349 g/mol. The van der Waals surface area contributed by atoms with E-state index in [1.165, 1.54) is 11.5 Å². The topological polar surface area (TPSA) is 101 Å².